The van der Waals surface area contributed by atoms with Crippen molar-refractivity contribution in [2.24, 2.45) is 0 Å². The molecule has 0 unspecified atom stereocenters. The standard InChI is InChI=1S/C11H12N6O2/c12-3-7-15-10(13)9-11(16-7)17(5-14-9)8-2-1-6(4-18)19-8/h5-6,8,18H,1-2,4H2,(H2,13,15,16)/t6-,8+/m0/s1. The number of aliphatic hydroxyl groups is 1. The maximum Gasteiger partial charge on any atom is 0.236 e. The number of nitrogens with two attached hydrogens (primary N) is 1. The summed E-state index contributed by atoms with van der Waals surface area (Å²) in [6, 6.07) is 1.86. The van der Waals surface area contributed by atoms with Crippen LogP contribution in [-0.4, -0.2) is 37.3 Å². The monoisotopic (exact) mass is 260 g/mol. The van der Waals surface area contributed by atoms with Gasteiger partial charge in [0.2, 0.25) is 5.82 Å². The number of aromatic nitrogens is 4. The fourth-order valence-electron chi connectivity index (χ4n) is 2.22. The van der Waals surface area contributed by atoms with Gasteiger partial charge in [0, 0.05) is 0 Å². The molecule has 2 atom stereocenters. The Hall–Kier alpha value is -2.24. The molecule has 2 aromatic rings. The van der Waals surface area contributed by atoms with Crippen LogP contribution in [0.1, 0.15) is 24.9 Å². The Morgan fingerprint density at radius 3 is 3.05 bits per heavy atom. The van der Waals surface area contributed by atoms with Gasteiger partial charge in [-0.05, 0) is 12.8 Å². The Kier molecular flexibility index (Phi) is 2.77. The first kappa shape index (κ1) is 11.8. The molecule has 3 N–H and O–H groups in total. The van der Waals surface area contributed by atoms with Gasteiger partial charge >= 0.3 is 0 Å². The van der Waals surface area contributed by atoms with Crippen LogP contribution in [0, 0.1) is 11.3 Å². The predicted molar refractivity (Wildman–Crippen MR) is 64.7 cm³/mol. The third-order valence-corrected chi connectivity index (χ3v) is 3.15. The van der Waals surface area contributed by atoms with E-state index in [9.17, 15) is 0 Å². The Morgan fingerprint density at radius 2 is 2.37 bits per heavy atom. The maximum atomic E-state index is 9.08. The van der Waals surface area contributed by atoms with E-state index in [1.807, 2.05) is 6.07 Å². The highest BCUT2D eigenvalue weighted by atomic mass is 16.5. The predicted octanol–water partition coefficient (Wildman–Crippen LogP) is -0.0499. The summed E-state index contributed by atoms with van der Waals surface area (Å²) in [4.78, 5) is 12.1. The molecule has 2 aromatic heterocycles. The Bertz CT molecular complexity index is 661. The molecule has 0 saturated carbocycles. The van der Waals surface area contributed by atoms with Gasteiger partial charge in [-0.3, -0.25) is 4.57 Å². The van der Waals surface area contributed by atoms with Crippen molar-refractivity contribution in [2.75, 3.05) is 12.3 Å². The molecule has 3 rings (SSSR count). The van der Waals surface area contributed by atoms with E-state index in [1.165, 1.54) is 0 Å². The van der Waals surface area contributed by atoms with Crippen LogP contribution in [0.5, 0.6) is 0 Å². The number of hydrogen-bond acceptors (Lipinski definition) is 7. The van der Waals surface area contributed by atoms with Crippen LogP contribution in [-0.2, 0) is 4.74 Å². The second-order valence-corrected chi connectivity index (χ2v) is 4.34. The topological polar surface area (TPSA) is 123 Å². The lowest BCUT2D eigenvalue weighted by molar-refractivity contribution is -0.0207. The van der Waals surface area contributed by atoms with Crippen molar-refractivity contribution < 1.29 is 9.84 Å². The van der Waals surface area contributed by atoms with Crippen molar-refractivity contribution in [3.63, 3.8) is 0 Å². The van der Waals surface area contributed by atoms with Crippen LogP contribution in [0.25, 0.3) is 11.2 Å². The summed E-state index contributed by atoms with van der Waals surface area (Å²) in [5.41, 5.74) is 6.67. The normalized spacial score (nSPS) is 22.7. The molecule has 0 radical (unpaired) electrons. The van der Waals surface area contributed by atoms with Crippen molar-refractivity contribution in [1.29, 1.82) is 5.26 Å². The van der Waals surface area contributed by atoms with Crippen LogP contribution in [0.3, 0.4) is 0 Å². The highest BCUT2D eigenvalue weighted by Gasteiger charge is 2.27. The second-order valence-electron chi connectivity index (χ2n) is 4.34. The van der Waals surface area contributed by atoms with E-state index in [4.69, 9.17) is 20.8 Å². The second kappa shape index (κ2) is 4.46. The summed E-state index contributed by atoms with van der Waals surface area (Å²) in [7, 11) is 0. The minimum absolute atomic E-state index is 0.00320. The summed E-state index contributed by atoms with van der Waals surface area (Å²) in [6.07, 6.45) is 2.68. The minimum Gasteiger partial charge on any atom is -0.394 e. The molecule has 1 aliphatic heterocycles. The average molecular weight is 260 g/mol. The lowest BCUT2D eigenvalue weighted by atomic mass is 10.2. The minimum atomic E-state index is -0.247. The Morgan fingerprint density at radius 1 is 1.53 bits per heavy atom. The first-order valence-electron chi connectivity index (χ1n) is 5.89. The highest BCUT2D eigenvalue weighted by Crippen LogP contribution is 2.30. The molecular weight excluding hydrogens is 248 g/mol. The van der Waals surface area contributed by atoms with Crippen LogP contribution >= 0.6 is 0 Å². The third-order valence-electron chi connectivity index (χ3n) is 3.15. The number of nitrogens with zero attached hydrogens (tertiary/aromatic N) is 5. The molecule has 1 fully saturated rings. The van der Waals surface area contributed by atoms with E-state index >= 15 is 0 Å². The van der Waals surface area contributed by atoms with Gasteiger partial charge in [0.15, 0.2) is 11.5 Å². The summed E-state index contributed by atoms with van der Waals surface area (Å²) in [6.45, 7) is -0.0102. The molecule has 0 aliphatic carbocycles. The van der Waals surface area contributed by atoms with Gasteiger partial charge in [-0.2, -0.15) is 15.2 Å². The van der Waals surface area contributed by atoms with Crippen LogP contribution in [0.2, 0.25) is 0 Å². The summed E-state index contributed by atoms with van der Waals surface area (Å²) in [5, 5.41) is 18.0. The van der Waals surface area contributed by atoms with E-state index in [2.05, 4.69) is 15.0 Å². The number of ether oxygens (including phenoxy) is 1. The van der Waals surface area contributed by atoms with Gasteiger partial charge in [-0.1, -0.05) is 0 Å². The lowest BCUT2D eigenvalue weighted by Gasteiger charge is -2.13. The van der Waals surface area contributed by atoms with Crippen molar-refractivity contribution in [3.05, 3.63) is 12.2 Å². The van der Waals surface area contributed by atoms with Gasteiger partial charge < -0.3 is 15.6 Å². The molecule has 1 aliphatic rings. The van der Waals surface area contributed by atoms with E-state index in [-0.39, 0.29) is 30.6 Å². The average Bonchev–Trinajstić information content (AvgIpc) is 3.04. The van der Waals surface area contributed by atoms with Crippen LogP contribution in [0.4, 0.5) is 5.82 Å². The molecule has 98 valence electrons. The highest BCUT2D eigenvalue weighted by molar-refractivity contribution is 5.81. The number of nitrogen functional groups attached to an aromatic ring is 1. The molecule has 0 amide bonds. The fourth-order valence-corrected chi connectivity index (χ4v) is 2.22. The van der Waals surface area contributed by atoms with E-state index in [0.29, 0.717) is 11.2 Å². The smallest absolute Gasteiger partial charge is 0.236 e. The van der Waals surface area contributed by atoms with Crippen molar-refractivity contribution in [1.82, 2.24) is 19.5 Å². The SMILES string of the molecule is N#Cc1nc(N)c2ncn([C@H]3CC[C@@H](CO)O3)c2n1. The molecule has 8 heteroatoms. The number of anilines is 1. The van der Waals surface area contributed by atoms with Crippen LogP contribution < -0.4 is 5.73 Å². The molecule has 19 heavy (non-hydrogen) atoms. The van der Waals surface area contributed by atoms with Crippen molar-refractivity contribution in [2.45, 2.75) is 25.2 Å². The fraction of sp³-hybridized carbons (Fsp3) is 0.455. The lowest BCUT2D eigenvalue weighted by Crippen LogP contribution is -2.14. The molecule has 8 nitrogen and oxygen atoms in total. The third kappa shape index (κ3) is 1.89. The Labute approximate surface area is 108 Å². The van der Waals surface area contributed by atoms with Gasteiger partial charge in [0.1, 0.15) is 17.8 Å². The van der Waals surface area contributed by atoms with E-state index < -0.39 is 0 Å². The number of rotatable bonds is 2. The quantitative estimate of drug-likeness (QED) is 0.775. The molecule has 0 aromatic carbocycles. The summed E-state index contributed by atoms with van der Waals surface area (Å²) >= 11 is 0. The maximum absolute atomic E-state index is 9.08. The number of imidazole rings is 1. The number of aliphatic hydroxyl groups excluding tert-OH is 1. The van der Waals surface area contributed by atoms with Crippen LogP contribution in [0.15, 0.2) is 6.33 Å². The Balaban J connectivity index is 2.05. The van der Waals surface area contributed by atoms with Gasteiger partial charge in [0.25, 0.3) is 0 Å². The van der Waals surface area contributed by atoms with Crippen molar-refractivity contribution in [3.8, 4) is 6.07 Å². The van der Waals surface area contributed by atoms with Gasteiger partial charge in [-0.15, -0.1) is 0 Å². The first-order chi connectivity index (χ1) is 9.22. The molecule has 0 bridgehead atoms. The van der Waals surface area contributed by atoms with E-state index in [0.717, 1.165) is 12.8 Å². The zero-order valence-electron chi connectivity index (χ0n) is 10.0. The van der Waals surface area contributed by atoms with Gasteiger partial charge in [0.05, 0.1) is 19.0 Å². The van der Waals surface area contributed by atoms with E-state index in [1.54, 1.807) is 10.9 Å². The molecular formula is C11H12N6O2. The van der Waals surface area contributed by atoms with Crippen molar-refractivity contribution >= 4 is 17.0 Å². The summed E-state index contributed by atoms with van der Waals surface area (Å²) < 4.78 is 7.39. The molecule has 3 heterocycles. The largest absolute Gasteiger partial charge is 0.394 e. The molecule has 0 spiro atoms. The molecule has 1 saturated heterocycles. The van der Waals surface area contributed by atoms with Gasteiger partial charge in [-0.25, -0.2) is 4.98 Å². The zero-order chi connectivity index (χ0) is 13.4. The number of fused-ring (bicyclic) bond motifs is 1. The number of nitriles is 1. The summed E-state index contributed by atoms with van der Waals surface area (Å²) in [5.74, 6) is 0.181. The number of hydrogen-bond donors (Lipinski definition) is 2. The first-order valence-corrected chi connectivity index (χ1v) is 5.89. The zero-order valence-corrected chi connectivity index (χ0v) is 10.0.